The van der Waals surface area contributed by atoms with Gasteiger partial charge in [0, 0.05) is 18.5 Å². The van der Waals surface area contributed by atoms with Gasteiger partial charge in [-0.3, -0.25) is 9.59 Å². The van der Waals surface area contributed by atoms with E-state index in [2.05, 4.69) is 33.9 Å². The van der Waals surface area contributed by atoms with Gasteiger partial charge in [-0.25, -0.2) is 0 Å². The molecule has 0 saturated carbocycles. The van der Waals surface area contributed by atoms with Crippen molar-refractivity contribution in [3.05, 3.63) is 71.8 Å². The van der Waals surface area contributed by atoms with E-state index in [0.717, 1.165) is 5.56 Å². The highest BCUT2D eigenvalue weighted by Gasteiger charge is 2.47. The Morgan fingerprint density at radius 3 is 2.17 bits per heavy atom. The molecule has 1 saturated heterocycles. The number of benzene rings is 2. The predicted molar refractivity (Wildman–Crippen MR) is 123 cm³/mol. The van der Waals surface area contributed by atoms with Crippen molar-refractivity contribution in [1.82, 2.24) is 4.90 Å². The van der Waals surface area contributed by atoms with Gasteiger partial charge in [-0.15, -0.1) is 0 Å². The number of nitrogens with zero attached hydrogens (tertiary/aromatic N) is 1. The van der Waals surface area contributed by atoms with Crippen molar-refractivity contribution in [2.24, 2.45) is 0 Å². The highest BCUT2D eigenvalue weighted by Crippen LogP contribution is 2.40. The van der Waals surface area contributed by atoms with Crippen molar-refractivity contribution in [3.63, 3.8) is 0 Å². The molecule has 1 unspecified atom stereocenters. The lowest BCUT2D eigenvalue weighted by atomic mass is 10.0. The monoisotopic (exact) mass is 423 g/mol. The van der Waals surface area contributed by atoms with E-state index in [-0.39, 0.29) is 35.3 Å². The Balaban J connectivity index is 1.87. The number of carbonyl (C=O) groups excluding carboxylic acids is 2. The summed E-state index contributed by atoms with van der Waals surface area (Å²) in [5.41, 5.74) is 1.75. The summed E-state index contributed by atoms with van der Waals surface area (Å²) in [7, 11) is -2.08. The number of likely N-dealkylation sites (tertiary alicyclic amines) is 1. The van der Waals surface area contributed by atoms with Crippen LogP contribution in [-0.4, -0.2) is 37.1 Å². The maximum Gasteiger partial charge on any atom is 0.225 e. The van der Waals surface area contributed by atoms with Gasteiger partial charge >= 0.3 is 0 Å². The van der Waals surface area contributed by atoms with E-state index in [9.17, 15) is 9.59 Å². The average molecular weight is 424 g/mol. The molecule has 0 aromatic heterocycles. The Bertz CT molecular complexity index is 874. The summed E-state index contributed by atoms with van der Waals surface area (Å²) in [6.45, 7) is 11.5. The molecule has 1 aliphatic rings. The average Bonchev–Trinajstić information content (AvgIpc) is 2.96. The number of carbonyl (C=O) groups is 2. The molecule has 0 spiro atoms. The molecular weight excluding hydrogens is 390 g/mol. The molecule has 2 aromatic carbocycles. The zero-order chi connectivity index (χ0) is 21.9. The van der Waals surface area contributed by atoms with Gasteiger partial charge < -0.3 is 9.33 Å². The molecular formula is C25H33NO3Si. The van der Waals surface area contributed by atoms with Crippen LogP contribution in [0.5, 0.6) is 0 Å². The van der Waals surface area contributed by atoms with E-state index in [1.54, 1.807) is 0 Å². The molecule has 0 bridgehead atoms. The lowest BCUT2D eigenvalue weighted by Crippen LogP contribution is -2.48. The fourth-order valence-electron chi connectivity index (χ4n) is 3.65. The van der Waals surface area contributed by atoms with Crippen molar-refractivity contribution >= 4 is 20.0 Å². The molecule has 1 fully saturated rings. The first-order valence-electron chi connectivity index (χ1n) is 10.7. The van der Waals surface area contributed by atoms with Gasteiger partial charge in [0.1, 0.15) is 0 Å². The van der Waals surface area contributed by atoms with Crippen LogP contribution >= 0.6 is 0 Å². The normalized spacial score (nSPS) is 19.9. The quantitative estimate of drug-likeness (QED) is 0.439. The second-order valence-corrected chi connectivity index (χ2v) is 14.4. The minimum Gasteiger partial charge on any atom is -0.411 e. The van der Waals surface area contributed by atoms with E-state index in [1.807, 2.05) is 65.6 Å². The molecule has 5 heteroatoms. The minimum atomic E-state index is -2.08. The fourth-order valence-corrected chi connectivity index (χ4v) is 5.00. The van der Waals surface area contributed by atoms with Gasteiger partial charge in [-0.05, 0) is 23.7 Å². The highest BCUT2D eigenvalue weighted by molar-refractivity contribution is 6.74. The predicted octanol–water partition coefficient (Wildman–Crippen LogP) is 5.45. The summed E-state index contributed by atoms with van der Waals surface area (Å²) in [6, 6.07) is 19.0. The van der Waals surface area contributed by atoms with E-state index in [1.165, 1.54) is 0 Å². The Kier molecular flexibility index (Phi) is 6.63. The smallest absolute Gasteiger partial charge is 0.225 e. The Hall–Kier alpha value is -2.24. The number of amides is 1. The largest absolute Gasteiger partial charge is 0.411 e. The van der Waals surface area contributed by atoms with Crippen LogP contribution < -0.4 is 0 Å². The molecule has 1 heterocycles. The van der Waals surface area contributed by atoms with E-state index >= 15 is 0 Å². The molecule has 2 aromatic rings. The van der Waals surface area contributed by atoms with Gasteiger partial charge in [0.2, 0.25) is 5.91 Å². The third kappa shape index (κ3) is 5.08. The fraction of sp³-hybridized carbons (Fsp3) is 0.440. The Labute approximate surface area is 181 Å². The first-order chi connectivity index (χ1) is 14.1. The molecule has 0 aliphatic carbocycles. The van der Waals surface area contributed by atoms with E-state index in [4.69, 9.17) is 4.43 Å². The van der Waals surface area contributed by atoms with Crippen LogP contribution in [-0.2, 0) is 15.8 Å². The molecule has 160 valence electrons. The Morgan fingerprint density at radius 1 is 1.03 bits per heavy atom. The maximum absolute atomic E-state index is 13.0. The highest BCUT2D eigenvalue weighted by atomic mass is 28.4. The van der Waals surface area contributed by atoms with Crippen LogP contribution in [0.3, 0.4) is 0 Å². The summed E-state index contributed by atoms with van der Waals surface area (Å²) >= 11 is 0. The van der Waals surface area contributed by atoms with Gasteiger partial charge in [0.25, 0.3) is 0 Å². The van der Waals surface area contributed by atoms with Crippen LogP contribution in [0.2, 0.25) is 18.1 Å². The van der Waals surface area contributed by atoms with Crippen molar-refractivity contribution < 1.29 is 14.0 Å². The van der Waals surface area contributed by atoms with Crippen molar-refractivity contribution in [2.45, 2.75) is 70.4 Å². The van der Waals surface area contributed by atoms with Crippen LogP contribution in [0.15, 0.2) is 60.7 Å². The second kappa shape index (κ2) is 8.86. The zero-order valence-corrected chi connectivity index (χ0v) is 19.7. The second-order valence-electron chi connectivity index (χ2n) is 9.69. The van der Waals surface area contributed by atoms with E-state index in [0.29, 0.717) is 18.5 Å². The number of hydrogen-bond acceptors (Lipinski definition) is 3. The maximum atomic E-state index is 13.0. The van der Waals surface area contributed by atoms with Gasteiger partial charge in [-0.2, -0.15) is 0 Å². The lowest BCUT2D eigenvalue weighted by Gasteiger charge is -2.40. The number of Topliss-reactive ketones (excluding diaryl/α,β-unsaturated/α-hetero) is 1. The molecule has 0 N–H and O–H groups in total. The van der Waals surface area contributed by atoms with Crippen molar-refractivity contribution in [2.75, 3.05) is 0 Å². The number of ketones is 1. The van der Waals surface area contributed by atoms with E-state index < -0.39 is 8.32 Å². The van der Waals surface area contributed by atoms with Crippen LogP contribution in [0.4, 0.5) is 0 Å². The standard InChI is InChI=1S/C25H33NO3Si/c1-25(2,3)30(4,5)29-23-17-24(28)26(18-19-12-8-6-9-13-19)21(23)16-22(27)20-14-10-7-11-15-20/h6-15,21,23H,16-18H2,1-5H3/t21?,23-/m0/s1. The van der Waals surface area contributed by atoms with Crippen LogP contribution in [0.1, 0.15) is 49.5 Å². The van der Waals surface area contributed by atoms with Crippen molar-refractivity contribution in [1.29, 1.82) is 0 Å². The SMILES string of the molecule is CC(C)(C)[Si](C)(C)O[C@H]1CC(=O)N(Cc2ccccc2)C1CC(=O)c1ccccc1. The first kappa shape index (κ1) is 22.4. The van der Waals surface area contributed by atoms with Crippen molar-refractivity contribution in [3.8, 4) is 0 Å². The van der Waals surface area contributed by atoms with Gasteiger partial charge in [-0.1, -0.05) is 81.4 Å². The third-order valence-corrected chi connectivity index (χ3v) is 11.0. The zero-order valence-electron chi connectivity index (χ0n) is 18.7. The minimum absolute atomic E-state index is 0.0386. The molecule has 30 heavy (non-hydrogen) atoms. The summed E-state index contributed by atoms with van der Waals surface area (Å²) in [5.74, 6) is 0.116. The Morgan fingerprint density at radius 2 is 1.60 bits per heavy atom. The first-order valence-corrected chi connectivity index (χ1v) is 13.6. The molecule has 1 amide bonds. The summed E-state index contributed by atoms with van der Waals surface area (Å²) in [4.78, 5) is 27.9. The third-order valence-electron chi connectivity index (χ3n) is 6.46. The van der Waals surface area contributed by atoms with Gasteiger partial charge in [0.05, 0.1) is 18.6 Å². The summed E-state index contributed by atoms with van der Waals surface area (Å²) in [5, 5.41) is 0.0386. The molecule has 0 radical (unpaired) electrons. The topological polar surface area (TPSA) is 46.6 Å². The number of hydrogen-bond donors (Lipinski definition) is 0. The number of rotatable bonds is 7. The van der Waals surface area contributed by atoms with Gasteiger partial charge in [0.15, 0.2) is 14.1 Å². The summed E-state index contributed by atoms with van der Waals surface area (Å²) < 4.78 is 6.68. The molecule has 4 nitrogen and oxygen atoms in total. The lowest BCUT2D eigenvalue weighted by molar-refractivity contribution is -0.129. The summed E-state index contributed by atoms with van der Waals surface area (Å²) in [6.07, 6.45) is 0.364. The van der Waals surface area contributed by atoms with Crippen LogP contribution in [0, 0.1) is 0 Å². The van der Waals surface area contributed by atoms with Crippen LogP contribution in [0.25, 0.3) is 0 Å². The molecule has 1 aliphatic heterocycles. The molecule has 2 atom stereocenters. The molecule has 3 rings (SSSR count).